The molecule has 0 saturated heterocycles. The first-order chi connectivity index (χ1) is 8.89. The monoisotopic (exact) mass is 269 g/mol. The second-order valence-electron chi connectivity index (χ2n) is 4.05. The number of hydrogen-bond acceptors (Lipinski definition) is 1. The molecule has 100 valence electrons. The van der Waals surface area contributed by atoms with Gasteiger partial charge in [-0.1, -0.05) is 12.1 Å². The third-order valence-electron chi connectivity index (χ3n) is 2.78. The normalized spacial score (nSPS) is 11.4. The van der Waals surface area contributed by atoms with E-state index in [9.17, 15) is 17.6 Å². The first kappa shape index (κ1) is 13.4. The van der Waals surface area contributed by atoms with E-state index < -0.39 is 17.6 Å². The number of hydrogen-bond donors (Lipinski definition) is 0. The lowest BCUT2D eigenvalue weighted by atomic mass is 10.1. The largest absolute Gasteiger partial charge is 0.418 e. The van der Waals surface area contributed by atoms with Crippen molar-refractivity contribution in [1.29, 1.82) is 0 Å². The van der Waals surface area contributed by atoms with Crippen LogP contribution in [-0.2, 0) is 6.18 Å². The molecular weight excluding hydrogens is 258 g/mol. The minimum atomic E-state index is -4.43. The van der Waals surface area contributed by atoms with Gasteiger partial charge in [0, 0.05) is 12.7 Å². The predicted molar refractivity (Wildman–Crippen MR) is 65.9 cm³/mol. The van der Waals surface area contributed by atoms with E-state index in [1.807, 2.05) is 0 Å². The summed E-state index contributed by atoms with van der Waals surface area (Å²) in [6.07, 6.45) is -4.43. The maximum absolute atomic E-state index is 12.9. The molecule has 0 bridgehead atoms. The molecule has 0 heterocycles. The fourth-order valence-electron chi connectivity index (χ4n) is 1.81. The fraction of sp³-hybridized carbons (Fsp3) is 0.143. The highest BCUT2D eigenvalue weighted by Crippen LogP contribution is 2.38. The molecule has 0 amide bonds. The molecule has 0 radical (unpaired) electrons. The molecule has 0 saturated carbocycles. The number of halogens is 4. The molecule has 2 aromatic carbocycles. The zero-order valence-electron chi connectivity index (χ0n) is 10.1. The zero-order chi connectivity index (χ0) is 14.0. The summed E-state index contributed by atoms with van der Waals surface area (Å²) in [5, 5.41) is 0. The average molecular weight is 269 g/mol. The van der Waals surface area contributed by atoms with Crippen LogP contribution in [0.3, 0.4) is 0 Å². The van der Waals surface area contributed by atoms with E-state index in [0.717, 1.165) is 6.07 Å². The maximum Gasteiger partial charge on any atom is 0.418 e. The molecule has 0 fully saturated rings. The lowest BCUT2D eigenvalue weighted by molar-refractivity contribution is -0.137. The van der Waals surface area contributed by atoms with Crippen LogP contribution >= 0.6 is 0 Å². The van der Waals surface area contributed by atoms with Gasteiger partial charge in [0.2, 0.25) is 0 Å². The van der Waals surface area contributed by atoms with E-state index in [1.165, 1.54) is 54.4 Å². The molecule has 2 rings (SSSR count). The van der Waals surface area contributed by atoms with Gasteiger partial charge in [-0.3, -0.25) is 0 Å². The summed E-state index contributed by atoms with van der Waals surface area (Å²) in [6, 6.07) is 10.6. The first-order valence-corrected chi connectivity index (χ1v) is 5.55. The Morgan fingerprint density at radius 2 is 1.47 bits per heavy atom. The Balaban J connectivity index is 2.44. The Hall–Kier alpha value is -2.04. The number of anilines is 2. The highest BCUT2D eigenvalue weighted by atomic mass is 19.4. The fourth-order valence-corrected chi connectivity index (χ4v) is 1.81. The van der Waals surface area contributed by atoms with Gasteiger partial charge in [0.1, 0.15) is 5.82 Å². The van der Waals surface area contributed by atoms with Gasteiger partial charge in [-0.2, -0.15) is 13.2 Å². The van der Waals surface area contributed by atoms with Crippen molar-refractivity contribution in [2.75, 3.05) is 11.9 Å². The molecule has 19 heavy (non-hydrogen) atoms. The van der Waals surface area contributed by atoms with Crippen LogP contribution in [0.1, 0.15) is 5.56 Å². The number of alkyl halides is 3. The van der Waals surface area contributed by atoms with Crippen molar-refractivity contribution in [3.63, 3.8) is 0 Å². The van der Waals surface area contributed by atoms with Gasteiger partial charge in [0.25, 0.3) is 0 Å². The van der Waals surface area contributed by atoms with Gasteiger partial charge >= 0.3 is 6.18 Å². The summed E-state index contributed by atoms with van der Waals surface area (Å²) >= 11 is 0. The summed E-state index contributed by atoms with van der Waals surface area (Å²) < 4.78 is 51.5. The van der Waals surface area contributed by atoms with Crippen molar-refractivity contribution in [3.8, 4) is 0 Å². The van der Waals surface area contributed by atoms with Gasteiger partial charge in [0.05, 0.1) is 11.3 Å². The van der Waals surface area contributed by atoms with Gasteiger partial charge in [-0.25, -0.2) is 4.39 Å². The summed E-state index contributed by atoms with van der Waals surface area (Å²) in [7, 11) is 1.51. The third-order valence-corrected chi connectivity index (χ3v) is 2.78. The Morgan fingerprint density at radius 1 is 0.895 bits per heavy atom. The molecule has 0 aromatic heterocycles. The van der Waals surface area contributed by atoms with Gasteiger partial charge < -0.3 is 4.90 Å². The quantitative estimate of drug-likeness (QED) is 0.719. The lowest BCUT2D eigenvalue weighted by Gasteiger charge is -2.23. The van der Waals surface area contributed by atoms with Crippen LogP contribution in [0.4, 0.5) is 28.9 Å². The second-order valence-corrected chi connectivity index (χ2v) is 4.05. The summed E-state index contributed by atoms with van der Waals surface area (Å²) in [5.74, 6) is -0.429. The van der Waals surface area contributed by atoms with Gasteiger partial charge in [-0.15, -0.1) is 0 Å². The van der Waals surface area contributed by atoms with E-state index in [1.54, 1.807) is 0 Å². The molecule has 2 aromatic rings. The van der Waals surface area contributed by atoms with Crippen LogP contribution in [-0.4, -0.2) is 7.05 Å². The van der Waals surface area contributed by atoms with Crippen molar-refractivity contribution in [2.45, 2.75) is 6.18 Å². The lowest BCUT2D eigenvalue weighted by Crippen LogP contribution is -2.16. The van der Waals surface area contributed by atoms with Crippen LogP contribution in [0.15, 0.2) is 48.5 Å². The molecule has 0 spiro atoms. The molecule has 0 aliphatic rings. The van der Waals surface area contributed by atoms with E-state index in [-0.39, 0.29) is 5.69 Å². The SMILES string of the molecule is CN(c1ccc(F)cc1)c1ccccc1C(F)(F)F. The van der Waals surface area contributed by atoms with Crippen molar-refractivity contribution in [3.05, 3.63) is 59.9 Å². The van der Waals surface area contributed by atoms with E-state index in [2.05, 4.69) is 0 Å². The molecule has 0 unspecified atom stereocenters. The zero-order valence-corrected chi connectivity index (χ0v) is 10.1. The van der Waals surface area contributed by atoms with Gasteiger partial charge in [0.15, 0.2) is 0 Å². The predicted octanol–water partition coefficient (Wildman–Crippen LogP) is 4.61. The Kier molecular flexibility index (Phi) is 3.46. The molecule has 0 aliphatic heterocycles. The summed E-state index contributed by atoms with van der Waals surface area (Å²) in [6.45, 7) is 0. The van der Waals surface area contributed by atoms with Crippen LogP contribution in [0.5, 0.6) is 0 Å². The number of para-hydroxylation sites is 1. The molecule has 0 N–H and O–H groups in total. The van der Waals surface area contributed by atoms with Crippen molar-refractivity contribution >= 4 is 11.4 Å². The molecular formula is C14H11F4N. The highest BCUT2D eigenvalue weighted by molar-refractivity contribution is 5.66. The smallest absolute Gasteiger partial charge is 0.344 e. The van der Waals surface area contributed by atoms with Gasteiger partial charge in [-0.05, 0) is 36.4 Å². The standard InChI is InChI=1S/C14H11F4N/c1-19(11-8-6-10(15)7-9-11)13-5-3-2-4-12(13)14(16,17)18/h2-9H,1H3. The first-order valence-electron chi connectivity index (χ1n) is 5.55. The van der Waals surface area contributed by atoms with Crippen LogP contribution < -0.4 is 4.90 Å². The minimum absolute atomic E-state index is 0.0293. The number of nitrogens with zero attached hydrogens (tertiary/aromatic N) is 1. The topological polar surface area (TPSA) is 3.24 Å². The second kappa shape index (κ2) is 4.91. The summed E-state index contributed by atoms with van der Waals surface area (Å²) in [4.78, 5) is 1.38. The molecule has 0 atom stereocenters. The van der Waals surface area contributed by atoms with Crippen molar-refractivity contribution < 1.29 is 17.6 Å². The van der Waals surface area contributed by atoms with Crippen LogP contribution in [0, 0.1) is 5.82 Å². The van der Waals surface area contributed by atoms with Crippen molar-refractivity contribution in [1.82, 2.24) is 0 Å². The molecule has 1 nitrogen and oxygen atoms in total. The number of rotatable bonds is 2. The third kappa shape index (κ3) is 2.86. The van der Waals surface area contributed by atoms with E-state index >= 15 is 0 Å². The Bertz CT molecular complexity index is 560. The van der Waals surface area contributed by atoms with Crippen molar-refractivity contribution in [2.24, 2.45) is 0 Å². The maximum atomic E-state index is 12.9. The van der Waals surface area contributed by atoms with E-state index in [0.29, 0.717) is 5.69 Å². The Labute approximate surface area is 108 Å². The Morgan fingerprint density at radius 3 is 2.05 bits per heavy atom. The molecule has 0 aliphatic carbocycles. The average Bonchev–Trinajstić information content (AvgIpc) is 2.38. The number of benzene rings is 2. The van der Waals surface area contributed by atoms with Crippen LogP contribution in [0.2, 0.25) is 0 Å². The van der Waals surface area contributed by atoms with Crippen LogP contribution in [0.25, 0.3) is 0 Å². The molecule has 5 heteroatoms. The highest BCUT2D eigenvalue weighted by Gasteiger charge is 2.34. The minimum Gasteiger partial charge on any atom is -0.344 e. The van der Waals surface area contributed by atoms with E-state index in [4.69, 9.17) is 0 Å². The summed E-state index contributed by atoms with van der Waals surface area (Å²) in [5.41, 5.74) is -0.207.